The molecule has 1 aromatic carbocycles. The molecular weight excluding hydrogens is 310 g/mol. The van der Waals surface area contributed by atoms with E-state index in [4.69, 9.17) is 0 Å². The zero-order valence-corrected chi connectivity index (χ0v) is 15.8. The molecule has 0 saturated heterocycles. The van der Waals surface area contributed by atoms with Crippen molar-refractivity contribution in [3.8, 4) is 0 Å². The highest BCUT2D eigenvalue weighted by molar-refractivity contribution is 5.88. The first kappa shape index (κ1) is 18.2. The Hall–Kier alpha value is -1.64. The van der Waals surface area contributed by atoms with E-state index in [9.17, 15) is 9.59 Å². The highest BCUT2D eigenvalue weighted by Crippen LogP contribution is 2.40. The van der Waals surface area contributed by atoms with Crippen molar-refractivity contribution in [1.82, 2.24) is 5.32 Å². The number of carbonyl (C=O) groups is 2. The maximum atomic E-state index is 12.9. The van der Waals surface area contributed by atoms with Gasteiger partial charge in [-0.3, -0.25) is 9.59 Å². The Morgan fingerprint density at radius 2 is 1.72 bits per heavy atom. The van der Waals surface area contributed by atoms with E-state index in [1.807, 2.05) is 0 Å². The number of ketones is 1. The Labute approximate surface area is 151 Å². The van der Waals surface area contributed by atoms with Gasteiger partial charge in [0.25, 0.3) is 0 Å². The molecule has 3 unspecified atom stereocenters. The second kappa shape index (κ2) is 7.72. The largest absolute Gasteiger partial charge is 0.349 e. The Bertz CT molecular complexity index is 603. The summed E-state index contributed by atoms with van der Waals surface area (Å²) in [6, 6.07) is 8.63. The summed E-state index contributed by atoms with van der Waals surface area (Å²) in [5.74, 6) is 1.16. The first-order valence-corrected chi connectivity index (χ1v) is 9.92. The van der Waals surface area contributed by atoms with E-state index in [2.05, 4.69) is 50.4 Å². The van der Waals surface area contributed by atoms with Crippen molar-refractivity contribution in [2.75, 3.05) is 0 Å². The molecule has 25 heavy (non-hydrogen) atoms. The summed E-state index contributed by atoms with van der Waals surface area (Å²) in [5, 5.41) is 3.29. The maximum Gasteiger partial charge on any atom is 0.223 e. The predicted molar refractivity (Wildman–Crippen MR) is 100 cm³/mol. The molecule has 1 aromatic rings. The molecule has 2 fully saturated rings. The lowest BCUT2D eigenvalue weighted by molar-refractivity contribution is -0.138. The maximum absolute atomic E-state index is 12.9. The van der Waals surface area contributed by atoms with E-state index < -0.39 is 0 Å². The van der Waals surface area contributed by atoms with Gasteiger partial charge in [-0.15, -0.1) is 0 Å². The first-order valence-electron chi connectivity index (χ1n) is 9.92. The van der Waals surface area contributed by atoms with Crippen molar-refractivity contribution in [2.45, 2.75) is 65.3 Å². The fraction of sp³-hybridized carbons (Fsp3) is 0.636. The van der Waals surface area contributed by atoms with E-state index in [1.165, 1.54) is 11.1 Å². The van der Waals surface area contributed by atoms with E-state index in [0.29, 0.717) is 11.7 Å². The molecule has 1 amide bonds. The van der Waals surface area contributed by atoms with Crippen LogP contribution in [0.15, 0.2) is 24.3 Å². The predicted octanol–water partition coefficient (Wildman–Crippen LogP) is 4.46. The fourth-order valence-electron chi connectivity index (χ4n) is 4.56. The molecule has 0 heterocycles. The number of rotatable bonds is 5. The third-order valence-corrected chi connectivity index (χ3v) is 6.13. The van der Waals surface area contributed by atoms with Crippen molar-refractivity contribution >= 4 is 11.7 Å². The van der Waals surface area contributed by atoms with Crippen LogP contribution in [0.2, 0.25) is 0 Å². The molecule has 1 N–H and O–H groups in total. The van der Waals surface area contributed by atoms with E-state index in [1.54, 1.807) is 0 Å². The summed E-state index contributed by atoms with van der Waals surface area (Å²) in [5.41, 5.74) is 2.49. The van der Waals surface area contributed by atoms with Gasteiger partial charge in [0, 0.05) is 17.8 Å². The molecule has 0 radical (unpaired) electrons. The molecule has 3 atom stereocenters. The van der Waals surface area contributed by atoms with Crippen LogP contribution in [0.5, 0.6) is 0 Å². The van der Waals surface area contributed by atoms with E-state index >= 15 is 0 Å². The number of amides is 1. The van der Waals surface area contributed by atoms with Crippen LogP contribution in [0.25, 0.3) is 0 Å². The van der Waals surface area contributed by atoms with Gasteiger partial charge in [-0.2, -0.15) is 0 Å². The van der Waals surface area contributed by atoms with Crippen LogP contribution >= 0.6 is 0 Å². The van der Waals surface area contributed by atoms with Gasteiger partial charge >= 0.3 is 0 Å². The van der Waals surface area contributed by atoms with Gasteiger partial charge in [0.15, 0.2) is 0 Å². The van der Waals surface area contributed by atoms with Gasteiger partial charge in [0.2, 0.25) is 5.91 Å². The normalized spacial score (nSPS) is 27.2. The number of benzene rings is 1. The van der Waals surface area contributed by atoms with Crippen molar-refractivity contribution in [3.63, 3.8) is 0 Å². The summed E-state index contributed by atoms with van der Waals surface area (Å²) in [6.45, 7) is 6.45. The SMILES string of the molecule is CCc1ccc(C(NC(=O)C2CC3CCCC(C2)C3=O)C(C)C)cc1. The molecule has 3 nitrogen and oxygen atoms in total. The number of hydrogen-bond acceptors (Lipinski definition) is 2. The number of hydrogen-bond donors (Lipinski definition) is 1. The van der Waals surface area contributed by atoms with Crippen molar-refractivity contribution in [1.29, 1.82) is 0 Å². The Morgan fingerprint density at radius 1 is 1.12 bits per heavy atom. The van der Waals surface area contributed by atoms with Crippen LogP contribution in [0.3, 0.4) is 0 Å². The third kappa shape index (κ3) is 3.96. The quantitative estimate of drug-likeness (QED) is 0.859. The minimum absolute atomic E-state index is 0.00386. The standard InChI is InChI=1S/C22H31NO2/c1-4-15-8-10-16(11-9-15)20(14(2)3)23-22(25)19-12-17-6-5-7-18(13-19)21(17)24/h8-11,14,17-20H,4-7,12-13H2,1-3H3,(H,23,25). The Morgan fingerprint density at radius 3 is 2.24 bits per heavy atom. The average molecular weight is 341 g/mol. The highest BCUT2D eigenvalue weighted by atomic mass is 16.2. The zero-order chi connectivity index (χ0) is 18.0. The van der Waals surface area contributed by atoms with Gasteiger partial charge in [-0.05, 0) is 49.1 Å². The molecule has 0 aliphatic heterocycles. The second-order valence-electron chi connectivity index (χ2n) is 8.22. The minimum Gasteiger partial charge on any atom is -0.349 e. The summed E-state index contributed by atoms with van der Waals surface area (Å²) < 4.78 is 0. The fourth-order valence-corrected chi connectivity index (χ4v) is 4.56. The molecule has 3 rings (SSSR count). The van der Waals surface area contributed by atoms with Crippen LogP contribution in [0.1, 0.15) is 70.0 Å². The third-order valence-electron chi connectivity index (χ3n) is 6.13. The Balaban J connectivity index is 1.69. The molecule has 2 saturated carbocycles. The lowest BCUT2D eigenvalue weighted by atomic mass is 9.67. The smallest absolute Gasteiger partial charge is 0.223 e. The number of carbonyl (C=O) groups excluding carboxylic acids is 2. The summed E-state index contributed by atoms with van der Waals surface area (Å²) in [4.78, 5) is 25.2. The number of aryl methyl sites for hydroxylation is 1. The lowest BCUT2D eigenvalue weighted by Crippen LogP contribution is -2.44. The van der Waals surface area contributed by atoms with Crippen LogP contribution in [0, 0.1) is 23.7 Å². The summed E-state index contributed by atoms with van der Waals surface area (Å²) in [7, 11) is 0. The number of nitrogens with one attached hydrogen (secondary N) is 1. The van der Waals surface area contributed by atoms with E-state index in [0.717, 1.165) is 38.5 Å². The molecule has 136 valence electrons. The van der Waals surface area contributed by atoms with Gasteiger partial charge in [-0.25, -0.2) is 0 Å². The number of fused-ring (bicyclic) bond motifs is 2. The monoisotopic (exact) mass is 341 g/mol. The van der Waals surface area contributed by atoms with Gasteiger partial charge in [0.1, 0.15) is 5.78 Å². The van der Waals surface area contributed by atoms with Gasteiger partial charge in [-0.1, -0.05) is 51.5 Å². The summed E-state index contributed by atoms with van der Waals surface area (Å²) >= 11 is 0. The molecular formula is C22H31NO2. The van der Waals surface area contributed by atoms with Crippen molar-refractivity contribution < 1.29 is 9.59 Å². The van der Waals surface area contributed by atoms with Crippen molar-refractivity contribution in [3.05, 3.63) is 35.4 Å². The molecule has 2 bridgehead atoms. The highest BCUT2D eigenvalue weighted by Gasteiger charge is 2.41. The van der Waals surface area contributed by atoms with Crippen LogP contribution in [-0.2, 0) is 16.0 Å². The van der Waals surface area contributed by atoms with Gasteiger partial charge < -0.3 is 5.32 Å². The topological polar surface area (TPSA) is 46.2 Å². The van der Waals surface area contributed by atoms with Crippen LogP contribution in [-0.4, -0.2) is 11.7 Å². The number of Topliss-reactive ketones (excluding diaryl/α,β-unsaturated/α-hetero) is 1. The molecule has 0 aromatic heterocycles. The Kier molecular flexibility index (Phi) is 5.61. The summed E-state index contributed by atoms with van der Waals surface area (Å²) in [6.07, 6.45) is 5.63. The first-order chi connectivity index (χ1) is 12.0. The molecule has 2 aliphatic rings. The average Bonchev–Trinajstić information content (AvgIpc) is 2.59. The molecule has 2 aliphatic carbocycles. The van der Waals surface area contributed by atoms with Crippen molar-refractivity contribution in [2.24, 2.45) is 23.7 Å². The zero-order valence-electron chi connectivity index (χ0n) is 15.8. The molecule has 3 heteroatoms. The van der Waals surface area contributed by atoms with Gasteiger partial charge in [0.05, 0.1) is 6.04 Å². The minimum atomic E-state index is 0.00386. The second-order valence-corrected chi connectivity index (χ2v) is 8.22. The molecule has 0 spiro atoms. The van der Waals surface area contributed by atoms with E-state index in [-0.39, 0.29) is 29.7 Å². The van der Waals surface area contributed by atoms with Crippen LogP contribution < -0.4 is 5.32 Å². The lowest BCUT2D eigenvalue weighted by Gasteiger charge is -2.37. The van der Waals surface area contributed by atoms with Crippen LogP contribution in [0.4, 0.5) is 0 Å².